The minimum atomic E-state index is -0.321. The van der Waals surface area contributed by atoms with Crippen LogP contribution in [-0.4, -0.2) is 25.5 Å². The molecule has 1 heterocycles. The maximum absolute atomic E-state index is 12.5. The molecule has 3 N–H and O–H groups in total. The van der Waals surface area contributed by atoms with Gasteiger partial charge in [0.1, 0.15) is 0 Å². The van der Waals surface area contributed by atoms with E-state index in [0.29, 0.717) is 6.54 Å². The molecule has 1 aliphatic carbocycles. The number of carbonyl (C=O) groups is 1. The van der Waals surface area contributed by atoms with Crippen molar-refractivity contribution in [3.63, 3.8) is 0 Å². The number of hydrogen-bond acceptors (Lipinski definition) is 3. The topological polar surface area (TPSA) is 58.4 Å². The smallest absolute Gasteiger partial charge is 0.231 e. The van der Waals surface area contributed by atoms with E-state index in [4.69, 9.17) is 5.73 Å². The first kappa shape index (κ1) is 13.4. The summed E-state index contributed by atoms with van der Waals surface area (Å²) in [5.74, 6) is 0.0953. The predicted octanol–water partition coefficient (Wildman–Crippen LogP) is 2.35. The fraction of sp³-hybridized carbons (Fsp3) is 0.562. The Kier molecular flexibility index (Phi) is 3.66. The summed E-state index contributed by atoms with van der Waals surface area (Å²) in [7, 11) is 0. The highest BCUT2D eigenvalue weighted by molar-refractivity contribution is 5.98. The van der Waals surface area contributed by atoms with Crippen LogP contribution < -0.4 is 16.0 Å². The molecule has 1 aromatic carbocycles. The van der Waals surface area contributed by atoms with Crippen LogP contribution in [0.15, 0.2) is 24.3 Å². The van der Waals surface area contributed by atoms with Crippen LogP contribution in [0, 0.1) is 5.41 Å². The van der Waals surface area contributed by atoms with E-state index in [2.05, 4.69) is 16.3 Å². The molecule has 4 nitrogen and oxygen atoms in total. The highest BCUT2D eigenvalue weighted by Gasteiger charge is 2.43. The number of amides is 1. The molecule has 0 unspecified atom stereocenters. The summed E-state index contributed by atoms with van der Waals surface area (Å²) in [4.78, 5) is 14.9. The molecule has 1 saturated carbocycles. The summed E-state index contributed by atoms with van der Waals surface area (Å²) >= 11 is 0. The van der Waals surface area contributed by atoms with Gasteiger partial charge in [0.15, 0.2) is 0 Å². The van der Waals surface area contributed by atoms with E-state index in [1.54, 1.807) is 0 Å². The molecule has 20 heavy (non-hydrogen) atoms. The standard InChI is InChI=1S/C16H23N3O/c17-12-16(8-5-9-16)15(20)18-13-6-1-2-7-14(13)19-10-3-4-11-19/h1-2,6-7H,3-5,8-12,17H2,(H,18,20). The van der Waals surface area contributed by atoms with E-state index in [-0.39, 0.29) is 11.3 Å². The van der Waals surface area contributed by atoms with E-state index in [1.165, 1.54) is 12.8 Å². The second-order valence-corrected chi connectivity index (χ2v) is 6.00. The molecule has 1 saturated heterocycles. The van der Waals surface area contributed by atoms with Gasteiger partial charge in [0.2, 0.25) is 5.91 Å². The average molecular weight is 273 g/mol. The summed E-state index contributed by atoms with van der Waals surface area (Å²) in [5, 5.41) is 3.12. The number of nitrogens with one attached hydrogen (secondary N) is 1. The zero-order valence-corrected chi connectivity index (χ0v) is 11.9. The van der Waals surface area contributed by atoms with Crippen LogP contribution in [-0.2, 0) is 4.79 Å². The van der Waals surface area contributed by atoms with Gasteiger partial charge >= 0.3 is 0 Å². The Morgan fingerprint density at radius 1 is 1.20 bits per heavy atom. The molecule has 1 aromatic rings. The number of benzene rings is 1. The van der Waals surface area contributed by atoms with Gasteiger partial charge in [-0.05, 0) is 37.8 Å². The molecule has 1 amide bonds. The van der Waals surface area contributed by atoms with Crippen molar-refractivity contribution in [1.82, 2.24) is 0 Å². The molecule has 0 spiro atoms. The summed E-state index contributed by atoms with van der Waals surface area (Å²) in [5.41, 5.74) is 7.56. The van der Waals surface area contributed by atoms with Crippen LogP contribution in [0.3, 0.4) is 0 Å². The Morgan fingerprint density at radius 3 is 2.50 bits per heavy atom. The molecule has 2 fully saturated rings. The van der Waals surface area contributed by atoms with E-state index in [0.717, 1.165) is 43.7 Å². The largest absolute Gasteiger partial charge is 0.370 e. The lowest BCUT2D eigenvalue weighted by Crippen LogP contribution is -2.47. The van der Waals surface area contributed by atoms with Crippen LogP contribution in [0.4, 0.5) is 11.4 Å². The maximum atomic E-state index is 12.5. The molecule has 0 radical (unpaired) electrons. The highest BCUT2D eigenvalue weighted by Crippen LogP contribution is 2.41. The van der Waals surface area contributed by atoms with Gasteiger partial charge in [-0.15, -0.1) is 0 Å². The Balaban J connectivity index is 1.78. The first-order valence-corrected chi connectivity index (χ1v) is 7.61. The van der Waals surface area contributed by atoms with Crippen LogP contribution in [0.1, 0.15) is 32.1 Å². The van der Waals surface area contributed by atoms with Gasteiger partial charge in [-0.1, -0.05) is 18.6 Å². The number of carbonyl (C=O) groups excluding carboxylic acids is 1. The van der Waals surface area contributed by atoms with Crippen molar-refractivity contribution in [2.45, 2.75) is 32.1 Å². The fourth-order valence-electron chi connectivity index (χ4n) is 3.20. The fourth-order valence-corrected chi connectivity index (χ4v) is 3.20. The summed E-state index contributed by atoms with van der Waals surface area (Å²) in [6.45, 7) is 2.61. The van der Waals surface area contributed by atoms with E-state index >= 15 is 0 Å². The molecule has 2 aliphatic rings. The SMILES string of the molecule is NCC1(C(=O)Nc2ccccc2N2CCCC2)CCC1. The van der Waals surface area contributed by atoms with Gasteiger partial charge in [0.25, 0.3) is 0 Å². The Morgan fingerprint density at radius 2 is 1.90 bits per heavy atom. The lowest BCUT2D eigenvalue weighted by Gasteiger charge is -2.39. The molecule has 0 atom stereocenters. The second-order valence-electron chi connectivity index (χ2n) is 6.00. The lowest BCUT2D eigenvalue weighted by molar-refractivity contribution is -0.129. The summed E-state index contributed by atoms with van der Waals surface area (Å²) in [6.07, 6.45) is 5.41. The van der Waals surface area contributed by atoms with Crippen molar-refractivity contribution in [2.24, 2.45) is 11.1 Å². The zero-order valence-electron chi connectivity index (χ0n) is 11.9. The Bertz CT molecular complexity index is 485. The number of para-hydroxylation sites is 2. The first-order valence-electron chi connectivity index (χ1n) is 7.61. The number of nitrogens with two attached hydrogens (primary N) is 1. The number of rotatable bonds is 4. The first-order chi connectivity index (χ1) is 9.75. The van der Waals surface area contributed by atoms with E-state index in [1.807, 2.05) is 18.2 Å². The van der Waals surface area contributed by atoms with Gasteiger partial charge in [0, 0.05) is 19.6 Å². The molecule has 0 bridgehead atoms. The van der Waals surface area contributed by atoms with E-state index < -0.39 is 0 Å². The number of hydrogen-bond donors (Lipinski definition) is 2. The number of nitrogens with zero attached hydrogens (tertiary/aromatic N) is 1. The minimum Gasteiger partial charge on any atom is -0.370 e. The molecular weight excluding hydrogens is 250 g/mol. The Labute approximate surface area is 120 Å². The summed E-state index contributed by atoms with van der Waals surface area (Å²) in [6, 6.07) is 8.10. The van der Waals surface area contributed by atoms with Gasteiger partial charge in [-0.25, -0.2) is 0 Å². The van der Waals surface area contributed by atoms with Crippen LogP contribution in [0.5, 0.6) is 0 Å². The Hall–Kier alpha value is -1.55. The predicted molar refractivity (Wildman–Crippen MR) is 81.9 cm³/mol. The quantitative estimate of drug-likeness (QED) is 0.885. The van der Waals surface area contributed by atoms with Crippen LogP contribution >= 0.6 is 0 Å². The highest BCUT2D eigenvalue weighted by atomic mass is 16.2. The second kappa shape index (κ2) is 5.44. The van der Waals surface area contributed by atoms with Gasteiger partial charge in [-0.2, -0.15) is 0 Å². The van der Waals surface area contributed by atoms with Crippen molar-refractivity contribution in [3.8, 4) is 0 Å². The van der Waals surface area contributed by atoms with E-state index in [9.17, 15) is 4.79 Å². The summed E-state index contributed by atoms with van der Waals surface area (Å²) < 4.78 is 0. The zero-order chi connectivity index (χ0) is 14.0. The number of anilines is 2. The van der Waals surface area contributed by atoms with Crippen molar-refractivity contribution in [3.05, 3.63) is 24.3 Å². The molecule has 3 rings (SSSR count). The molecular formula is C16H23N3O. The molecule has 108 valence electrons. The van der Waals surface area contributed by atoms with Crippen molar-refractivity contribution >= 4 is 17.3 Å². The van der Waals surface area contributed by atoms with Gasteiger partial charge in [0.05, 0.1) is 16.8 Å². The molecule has 1 aliphatic heterocycles. The third-order valence-corrected chi connectivity index (χ3v) is 4.78. The third-order valence-electron chi connectivity index (χ3n) is 4.78. The minimum absolute atomic E-state index is 0.0953. The maximum Gasteiger partial charge on any atom is 0.231 e. The third kappa shape index (κ3) is 2.29. The van der Waals surface area contributed by atoms with Crippen LogP contribution in [0.2, 0.25) is 0 Å². The molecule has 0 aromatic heterocycles. The van der Waals surface area contributed by atoms with Crippen molar-refractivity contribution in [1.29, 1.82) is 0 Å². The normalized spacial score (nSPS) is 20.6. The monoisotopic (exact) mass is 273 g/mol. The van der Waals surface area contributed by atoms with Gasteiger partial charge in [-0.3, -0.25) is 4.79 Å². The van der Waals surface area contributed by atoms with Crippen molar-refractivity contribution in [2.75, 3.05) is 29.9 Å². The van der Waals surface area contributed by atoms with Crippen molar-refractivity contribution < 1.29 is 4.79 Å². The van der Waals surface area contributed by atoms with Gasteiger partial charge < -0.3 is 16.0 Å². The lowest BCUT2D eigenvalue weighted by atomic mass is 9.68. The average Bonchev–Trinajstić information content (AvgIpc) is 2.92. The molecule has 4 heteroatoms. The van der Waals surface area contributed by atoms with Crippen LogP contribution in [0.25, 0.3) is 0 Å².